The van der Waals surface area contributed by atoms with E-state index in [-0.39, 0.29) is 18.1 Å². The number of carbonyl (C=O) groups is 1. The van der Waals surface area contributed by atoms with Gasteiger partial charge in [0.15, 0.2) is 5.69 Å². The maximum Gasteiger partial charge on any atom is 0.360 e. The lowest BCUT2D eigenvalue weighted by Crippen LogP contribution is -2.10. The predicted octanol–water partition coefficient (Wildman–Crippen LogP) is 3.16. The van der Waals surface area contributed by atoms with Crippen molar-refractivity contribution < 1.29 is 9.53 Å². The van der Waals surface area contributed by atoms with Crippen LogP contribution in [0.2, 0.25) is 5.02 Å². The van der Waals surface area contributed by atoms with Crippen LogP contribution in [0.3, 0.4) is 0 Å². The summed E-state index contributed by atoms with van der Waals surface area (Å²) >= 11 is 5.98. The Balaban J connectivity index is 2.60. The number of benzene rings is 1. The van der Waals surface area contributed by atoms with Gasteiger partial charge < -0.3 is 10.5 Å². The Morgan fingerprint density at radius 1 is 1.43 bits per heavy atom. The number of nitrogen functional groups attached to an aromatic ring is 1. The van der Waals surface area contributed by atoms with Gasteiger partial charge in [0, 0.05) is 11.4 Å². The van der Waals surface area contributed by atoms with Gasteiger partial charge in [-0.15, -0.1) is 0 Å². The smallest absolute Gasteiger partial charge is 0.360 e. The third-order valence-electron chi connectivity index (χ3n) is 3.17. The summed E-state index contributed by atoms with van der Waals surface area (Å²) in [5.41, 5.74) is 8.09. The zero-order valence-electron chi connectivity index (χ0n) is 12.3. The van der Waals surface area contributed by atoms with Crippen LogP contribution < -0.4 is 5.73 Å². The number of imidazole rings is 1. The van der Waals surface area contributed by atoms with Gasteiger partial charge in [-0.2, -0.15) is 0 Å². The van der Waals surface area contributed by atoms with Crippen LogP contribution in [0.15, 0.2) is 18.2 Å². The standard InChI is InChI=1S/C15H18ClN3O2/c1-4-12-18-13(15(20)21-5-2)14(17)19(12)11-7-6-10(16)8-9(11)3/h6-8H,4-5,17H2,1-3H3. The van der Waals surface area contributed by atoms with E-state index in [0.29, 0.717) is 17.3 Å². The third-order valence-corrected chi connectivity index (χ3v) is 3.40. The van der Waals surface area contributed by atoms with Gasteiger partial charge in [-0.05, 0) is 37.6 Å². The second-order valence-corrected chi connectivity index (χ2v) is 5.04. The molecule has 2 N–H and O–H groups in total. The number of carbonyl (C=O) groups excluding carboxylic acids is 1. The molecule has 0 bridgehead atoms. The van der Waals surface area contributed by atoms with Gasteiger partial charge in [0.25, 0.3) is 0 Å². The van der Waals surface area contributed by atoms with Gasteiger partial charge >= 0.3 is 5.97 Å². The summed E-state index contributed by atoms with van der Waals surface area (Å²) in [5, 5.41) is 0.651. The Hall–Kier alpha value is -2.01. The minimum absolute atomic E-state index is 0.156. The number of nitrogens with two attached hydrogens (primary N) is 1. The Labute approximate surface area is 128 Å². The molecule has 2 rings (SSSR count). The average molecular weight is 308 g/mol. The number of ether oxygens (including phenoxy) is 1. The molecule has 5 nitrogen and oxygen atoms in total. The molecule has 0 spiro atoms. The Morgan fingerprint density at radius 3 is 2.71 bits per heavy atom. The fraction of sp³-hybridized carbons (Fsp3) is 0.333. The highest BCUT2D eigenvalue weighted by Crippen LogP contribution is 2.26. The summed E-state index contributed by atoms with van der Waals surface area (Å²) in [6, 6.07) is 5.50. The second kappa shape index (κ2) is 6.18. The predicted molar refractivity (Wildman–Crippen MR) is 83.1 cm³/mol. The van der Waals surface area contributed by atoms with E-state index in [1.54, 1.807) is 17.6 Å². The van der Waals surface area contributed by atoms with Crippen molar-refractivity contribution in [1.29, 1.82) is 0 Å². The van der Waals surface area contributed by atoms with Crippen LogP contribution >= 0.6 is 11.6 Å². The molecule has 112 valence electrons. The molecule has 1 aromatic heterocycles. The van der Waals surface area contributed by atoms with Crippen LogP contribution in [0, 0.1) is 6.92 Å². The first-order valence-corrected chi connectivity index (χ1v) is 7.18. The molecule has 21 heavy (non-hydrogen) atoms. The van der Waals surface area contributed by atoms with E-state index in [2.05, 4.69) is 4.98 Å². The molecule has 1 aromatic carbocycles. The van der Waals surface area contributed by atoms with E-state index in [1.165, 1.54) is 0 Å². The number of nitrogens with zero attached hydrogens (tertiary/aromatic N) is 2. The van der Waals surface area contributed by atoms with Crippen molar-refractivity contribution in [2.75, 3.05) is 12.3 Å². The molecule has 0 saturated heterocycles. The van der Waals surface area contributed by atoms with E-state index < -0.39 is 5.97 Å². The highest BCUT2D eigenvalue weighted by atomic mass is 35.5. The van der Waals surface area contributed by atoms with Gasteiger partial charge in [0.2, 0.25) is 0 Å². The molecule has 0 aliphatic rings. The van der Waals surface area contributed by atoms with Crippen LogP contribution in [0.5, 0.6) is 0 Å². The van der Waals surface area contributed by atoms with Crippen LogP contribution in [-0.4, -0.2) is 22.1 Å². The minimum Gasteiger partial charge on any atom is -0.461 e. The van der Waals surface area contributed by atoms with Gasteiger partial charge in [0.1, 0.15) is 11.6 Å². The lowest BCUT2D eigenvalue weighted by atomic mass is 10.2. The normalized spacial score (nSPS) is 10.7. The molecule has 0 atom stereocenters. The van der Waals surface area contributed by atoms with Gasteiger partial charge in [-0.25, -0.2) is 9.78 Å². The summed E-state index contributed by atoms with van der Waals surface area (Å²) < 4.78 is 6.77. The number of halogens is 1. The quantitative estimate of drug-likeness (QED) is 0.881. The van der Waals surface area contributed by atoms with E-state index in [0.717, 1.165) is 11.3 Å². The van der Waals surface area contributed by atoms with Gasteiger partial charge in [-0.3, -0.25) is 4.57 Å². The first kappa shape index (κ1) is 15.4. The van der Waals surface area contributed by atoms with E-state index in [4.69, 9.17) is 22.1 Å². The summed E-state index contributed by atoms with van der Waals surface area (Å²) in [4.78, 5) is 16.2. The van der Waals surface area contributed by atoms with E-state index in [1.807, 2.05) is 26.0 Å². The molecule has 0 amide bonds. The number of aryl methyl sites for hydroxylation is 2. The highest BCUT2D eigenvalue weighted by Gasteiger charge is 2.22. The molecule has 0 saturated carbocycles. The maximum absolute atomic E-state index is 11.9. The number of hydrogen-bond donors (Lipinski definition) is 1. The van der Waals surface area contributed by atoms with Crippen LogP contribution in [0.4, 0.5) is 5.82 Å². The van der Waals surface area contributed by atoms with Crippen LogP contribution in [-0.2, 0) is 11.2 Å². The molecule has 1 heterocycles. The first-order chi connectivity index (χ1) is 9.99. The highest BCUT2D eigenvalue weighted by molar-refractivity contribution is 6.30. The molecule has 0 radical (unpaired) electrons. The number of anilines is 1. The zero-order valence-corrected chi connectivity index (χ0v) is 13.1. The van der Waals surface area contributed by atoms with Crippen molar-refractivity contribution in [2.24, 2.45) is 0 Å². The van der Waals surface area contributed by atoms with Gasteiger partial charge in [-0.1, -0.05) is 18.5 Å². The molecule has 0 aliphatic heterocycles. The van der Waals surface area contributed by atoms with Crippen molar-refractivity contribution in [3.63, 3.8) is 0 Å². The summed E-state index contributed by atoms with van der Waals surface area (Å²) in [7, 11) is 0. The topological polar surface area (TPSA) is 70.1 Å². The lowest BCUT2D eigenvalue weighted by Gasteiger charge is -2.12. The third kappa shape index (κ3) is 2.88. The Kier molecular flexibility index (Phi) is 4.53. The molecular weight excluding hydrogens is 290 g/mol. The molecule has 2 aromatic rings. The summed E-state index contributed by atoms with van der Waals surface area (Å²) in [5.74, 6) is 0.492. The van der Waals surface area contributed by atoms with Crippen molar-refractivity contribution in [3.8, 4) is 5.69 Å². The van der Waals surface area contributed by atoms with Crippen molar-refractivity contribution in [2.45, 2.75) is 27.2 Å². The summed E-state index contributed by atoms with van der Waals surface area (Å²) in [6.07, 6.45) is 0.645. The van der Waals surface area contributed by atoms with Gasteiger partial charge in [0.05, 0.1) is 12.3 Å². The largest absolute Gasteiger partial charge is 0.461 e. The second-order valence-electron chi connectivity index (χ2n) is 4.60. The van der Waals surface area contributed by atoms with Crippen molar-refractivity contribution >= 4 is 23.4 Å². The number of hydrogen-bond acceptors (Lipinski definition) is 4. The van der Waals surface area contributed by atoms with E-state index in [9.17, 15) is 4.79 Å². The van der Waals surface area contributed by atoms with Crippen LogP contribution in [0.1, 0.15) is 35.7 Å². The monoisotopic (exact) mass is 307 g/mol. The lowest BCUT2D eigenvalue weighted by molar-refractivity contribution is 0.0521. The average Bonchev–Trinajstić information content (AvgIpc) is 2.76. The molecule has 0 aliphatic carbocycles. The molecule has 0 unspecified atom stereocenters. The molecule has 0 fully saturated rings. The summed E-state index contributed by atoms with van der Waals surface area (Å²) in [6.45, 7) is 5.92. The number of esters is 1. The SMILES string of the molecule is CCOC(=O)c1nc(CC)n(-c2ccc(Cl)cc2C)c1N. The van der Waals surface area contributed by atoms with Crippen molar-refractivity contribution in [1.82, 2.24) is 9.55 Å². The van der Waals surface area contributed by atoms with Crippen molar-refractivity contribution in [3.05, 3.63) is 40.3 Å². The Bertz CT molecular complexity index is 680. The fourth-order valence-corrected chi connectivity index (χ4v) is 2.43. The Morgan fingerprint density at radius 2 is 2.14 bits per heavy atom. The van der Waals surface area contributed by atoms with E-state index >= 15 is 0 Å². The maximum atomic E-state index is 11.9. The zero-order chi connectivity index (χ0) is 15.6. The minimum atomic E-state index is -0.505. The fourth-order valence-electron chi connectivity index (χ4n) is 2.21. The first-order valence-electron chi connectivity index (χ1n) is 6.80. The molecule has 6 heteroatoms. The number of aromatic nitrogens is 2. The van der Waals surface area contributed by atoms with Crippen LogP contribution in [0.25, 0.3) is 5.69 Å². The molecular formula is C15H18ClN3O2. The number of rotatable bonds is 4.